The van der Waals surface area contributed by atoms with Crippen LogP contribution >= 0.6 is 0 Å². The Labute approximate surface area is 186 Å². The third-order valence-corrected chi connectivity index (χ3v) is 7.14. The smallest absolute Gasteiger partial charge is 0.338 e. The summed E-state index contributed by atoms with van der Waals surface area (Å²) in [7, 11) is -2.43. The van der Waals surface area contributed by atoms with Crippen LogP contribution in [0.3, 0.4) is 0 Å². The second kappa shape index (κ2) is 8.84. The molecule has 1 amide bonds. The largest absolute Gasteiger partial charge is 0.452 e. The zero-order chi connectivity index (χ0) is 22.7. The number of amides is 1. The van der Waals surface area contributed by atoms with Gasteiger partial charge in [-0.2, -0.15) is 0 Å². The van der Waals surface area contributed by atoms with E-state index in [1.807, 2.05) is 24.3 Å². The molecule has 1 aliphatic heterocycles. The quantitative estimate of drug-likeness (QED) is 0.539. The standard InChI is InChI=1S/C24H22N2O5S/c1-25(20-10-3-2-4-11-20)32(29,30)21-12-7-9-19(16-21)24(28)31-17-23(27)26-15-14-18-8-5-6-13-22(18)26/h2-13,16H,14-15,17H2,1H3. The summed E-state index contributed by atoms with van der Waals surface area (Å²) >= 11 is 0. The third-order valence-electron chi connectivity index (χ3n) is 5.36. The molecule has 0 aromatic heterocycles. The molecule has 0 unspecified atom stereocenters. The first-order valence-corrected chi connectivity index (χ1v) is 11.5. The van der Waals surface area contributed by atoms with Crippen molar-refractivity contribution in [1.82, 2.24) is 0 Å². The van der Waals surface area contributed by atoms with Crippen molar-refractivity contribution in [3.8, 4) is 0 Å². The lowest BCUT2D eigenvalue weighted by Gasteiger charge is -2.20. The van der Waals surface area contributed by atoms with E-state index < -0.39 is 22.6 Å². The fourth-order valence-corrected chi connectivity index (χ4v) is 4.85. The molecule has 32 heavy (non-hydrogen) atoms. The van der Waals surface area contributed by atoms with Gasteiger partial charge in [0.15, 0.2) is 6.61 Å². The van der Waals surface area contributed by atoms with E-state index in [0.29, 0.717) is 12.2 Å². The van der Waals surface area contributed by atoms with Crippen molar-refractivity contribution in [3.63, 3.8) is 0 Å². The average molecular weight is 451 g/mol. The number of para-hydroxylation sites is 2. The van der Waals surface area contributed by atoms with E-state index in [0.717, 1.165) is 22.0 Å². The zero-order valence-corrected chi connectivity index (χ0v) is 18.3. The number of esters is 1. The van der Waals surface area contributed by atoms with Crippen LogP contribution in [-0.2, 0) is 26.0 Å². The second-order valence-corrected chi connectivity index (χ2v) is 9.31. The molecule has 0 radical (unpaired) electrons. The molecule has 0 fully saturated rings. The molecule has 0 saturated carbocycles. The summed E-state index contributed by atoms with van der Waals surface area (Å²) in [5, 5.41) is 0. The van der Waals surface area contributed by atoms with Gasteiger partial charge in [0, 0.05) is 19.3 Å². The number of anilines is 2. The van der Waals surface area contributed by atoms with Gasteiger partial charge in [0.05, 0.1) is 16.1 Å². The minimum absolute atomic E-state index is 0.0434. The van der Waals surface area contributed by atoms with Crippen molar-refractivity contribution in [2.45, 2.75) is 11.3 Å². The highest BCUT2D eigenvalue weighted by molar-refractivity contribution is 7.92. The molecular formula is C24H22N2O5S. The number of carbonyl (C=O) groups excluding carboxylic acids is 2. The number of rotatable bonds is 6. The van der Waals surface area contributed by atoms with Crippen LogP contribution in [-0.4, -0.2) is 40.5 Å². The van der Waals surface area contributed by atoms with Gasteiger partial charge in [0.2, 0.25) is 0 Å². The molecule has 0 N–H and O–H groups in total. The van der Waals surface area contributed by atoms with E-state index in [2.05, 4.69) is 0 Å². The minimum atomic E-state index is -3.88. The Bertz CT molecular complexity index is 1260. The average Bonchev–Trinajstić information content (AvgIpc) is 3.27. The first kappa shape index (κ1) is 21.6. The van der Waals surface area contributed by atoms with Gasteiger partial charge in [-0.3, -0.25) is 9.10 Å². The van der Waals surface area contributed by atoms with Crippen molar-refractivity contribution in [1.29, 1.82) is 0 Å². The van der Waals surface area contributed by atoms with Gasteiger partial charge in [-0.1, -0.05) is 42.5 Å². The van der Waals surface area contributed by atoms with Crippen LogP contribution in [0.5, 0.6) is 0 Å². The molecule has 3 aromatic carbocycles. The Hall–Kier alpha value is -3.65. The SMILES string of the molecule is CN(c1ccccc1)S(=O)(=O)c1cccc(C(=O)OCC(=O)N2CCc3ccccc32)c1. The normalized spacial score (nSPS) is 12.8. The number of fused-ring (bicyclic) bond motifs is 1. The monoisotopic (exact) mass is 450 g/mol. The summed E-state index contributed by atoms with van der Waals surface area (Å²) in [4.78, 5) is 26.6. The maximum absolute atomic E-state index is 13.0. The molecule has 4 rings (SSSR count). The van der Waals surface area contributed by atoms with E-state index >= 15 is 0 Å². The van der Waals surface area contributed by atoms with Crippen LogP contribution < -0.4 is 9.21 Å². The lowest BCUT2D eigenvalue weighted by Crippen LogP contribution is -2.33. The highest BCUT2D eigenvalue weighted by Gasteiger charge is 2.26. The van der Waals surface area contributed by atoms with Gasteiger partial charge in [-0.15, -0.1) is 0 Å². The maximum Gasteiger partial charge on any atom is 0.338 e. The molecule has 8 heteroatoms. The number of carbonyl (C=O) groups is 2. The summed E-state index contributed by atoms with van der Waals surface area (Å²) in [6.45, 7) is 0.114. The Kier molecular flexibility index (Phi) is 5.96. The van der Waals surface area contributed by atoms with Crippen LogP contribution in [0.4, 0.5) is 11.4 Å². The number of hydrogen-bond donors (Lipinski definition) is 0. The molecular weight excluding hydrogens is 428 g/mol. The Morgan fingerprint density at radius 2 is 1.69 bits per heavy atom. The summed E-state index contributed by atoms with van der Waals surface area (Å²) in [5.41, 5.74) is 2.46. The highest BCUT2D eigenvalue weighted by atomic mass is 32.2. The summed E-state index contributed by atoms with van der Waals surface area (Å²) in [5.74, 6) is -1.08. The van der Waals surface area contributed by atoms with Crippen molar-refractivity contribution >= 4 is 33.3 Å². The molecule has 1 aliphatic rings. The Morgan fingerprint density at radius 1 is 0.969 bits per heavy atom. The van der Waals surface area contributed by atoms with Crippen LogP contribution in [0, 0.1) is 0 Å². The summed E-state index contributed by atoms with van der Waals surface area (Å²) in [6, 6.07) is 21.8. The Balaban J connectivity index is 1.45. The number of nitrogens with zero attached hydrogens (tertiary/aromatic N) is 2. The maximum atomic E-state index is 13.0. The fraction of sp³-hybridized carbons (Fsp3) is 0.167. The van der Waals surface area contributed by atoms with Gasteiger partial charge in [0.1, 0.15) is 0 Å². The van der Waals surface area contributed by atoms with Crippen molar-refractivity contribution in [3.05, 3.63) is 90.0 Å². The topological polar surface area (TPSA) is 84.0 Å². The summed E-state index contributed by atoms with van der Waals surface area (Å²) in [6.07, 6.45) is 0.755. The van der Waals surface area contributed by atoms with E-state index in [1.54, 1.807) is 35.2 Å². The van der Waals surface area contributed by atoms with Gasteiger partial charge < -0.3 is 9.64 Å². The molecule has 7 nitrogen and oxygen atoms in total. The number of sulfonamides is 1. The van der Waals surface area contributed by atoms with Crippen LogP contribution in [0.2, 0.25) is 0 Å². The molecule has 0 bridgehead atoms. The third kappa shape index (κ3) is 4.22. The molecule has 1 heterocycles. The predicted molar refractivity (Wildman–Crippen MR) is 121 cm³/mol. The zero-order valence-electron chi connectivity index (χ0n) is 17.5. The van der Waals surface area contributed by atoms with Crippen LogP contribution in [0.25, 0.3) is 0 Å². The number of hydrogen-bond acceptors (Lipinski definition) is 5. The number of benzene rings is 3. The summed E-state index contributed by atoms with van der Waals surface area (Å²) < 4.78 is 32.3. The van der Waals surface area contributed by atoms with E-state index in [1.165, 1.54) is 31.3 Å². The van der Waals surface area contributed by atoms with Crippen molar-refractivity contribution in [2.75, 3.05) is 29.4 Å². The van der Waals surface area contributed by atoms with E-state index in [-0.39, 0.29) is 16.4 Å². The van der Waals surface area contributed by atoms with E-state index in [4.69, 9.17) is 4.74 Å². The molecule has 0 aliphatic carbocycles. The first-order valence-electron chi connectivity index (χ1n) is 10.1. The molecule has 0 atom stereocenters. The highest BCUT2D eigenvalue weighted by Crippen LogP contribution is 2.27. The first-order chi connectivity index (χ1) is 15.4. The van der Waals surface area contributed by atoms with Gasteiger partial charge >= 0.3 is 5.97 Å². The molecule has 0 spiro atoms. The van der Waals surface area contributed by atoms with Gasteiger partial charge in [-0.05, 0) is 48.4 Å². The molecule has 3 aromatic rings. The van der Waals surface area contributed by atoms with Gasteiger partial charge in [-0.25, -0.2) is 13.2 Å². The van der Waals surface area contributed by atoms with Gasteiger partial charge in [0.25, 0.3) is 15.9 Å². The van der Waals surface area contributed by atoms with E-state index in [9.17, 15) is 18.0 Å². The van der Waals surface area contributed by atoms with Crippen LogP contribution in [0.15, 0.2) is 83.8 Å². The molecule has 164 valence electrons. The second-order valence-electron chi connectivity index (χ2n) is 7.34. The molecule has 0 saturated heterocycles. The van der Waals surface area contributed by atoms with Crippen molar-refractivity contribution in [2.24, 2.45) is 0 Å². The fourth-order valence-electron chi connectivity index (χ4n) is 3.60. The lowest BCUT2D eigenvalue weighted by atomic mass is 10.2. The minimum Gasteiger partial charge on any atom is -0.452 e. The predicted octanol–water partition coefficient (Wildman–Crippen LogP) is 3.26. The Morgan fingerprint density at radius 3 is 2.47 bits per heavy atom. The van der Waals surface area contributed by atoms with Crippen LogP contribution in [0.1, 0.15) is 15.9 Å². The number of ether oxygens (including phenoxy) is 1. The van der Waals surface area contributed by atoms with Crippen molar-refractivity contribution < 1.29 is 22.7 Å². The lowest BCUT2D eigenvalue weighted by molar-refractivity contribution is -0.121.